The van der Waals surface area contributed by atoms with Gasteiger partial charge in [0.15, 0.2) is 5.58 Å². The second kappa shape index (κ2) is 3.59. The summed E-state index contributed by atoms with van der Waals surface area (Å²) in [6.07, 6.45) is 0.897. The molecular formula is C11H10BrClO. The summed E-state index contributed by atoms with van der Waals surface area (Å²) in [5, 5.41) is 1.76. The monoisotopic (exact) mass is 272 g/mol. The lowest BCUT2D eigenvalue weighted by molar-refractivity contribution is 0.553. The van der Waals surface area contributed by atoms with Crippen LogP contribution in [-0.2, 0) is 6.42 Å². The summed E-state index contributed by atoms with van der Waals surface area (Å²) in [5.41, 5.74) is 1.98. The molecule has 0 saturated carbocycles. The molecule has 2 aromatic rings. The smallest absolute Gasteiger partial charge is 0.153 e. The van der Waals surface area contributed by atoms with Crippen molar-refractivity contribution in [3.63, 3.8) is 0 Å². The van der Waals surface area contributed by atoms with E-state index in [1.807, 2.05) is 12.1 Å². The quantitative estimate of drug-likeness (QED) is 0.733. The maximum absolute atomic E-state index is 6.08. The average molecular weight is 274 g/mol. The third kappa shape index (κ3) is 1.47. The van der Waals surface area contributed by atoms with Crippen molar-refractivity contribution < 1.29 is 4.42 Å². The van der Waals surface area contributed by atoms with Gasteiger partial charge >= 0.3 is 0 Å². The van der Waals surface area contributed by atoms with E-state index in [-0.39, 0.29) is 0 Å². The van der Waals surface area contributed by atoms with Crippen molar-refractivity contribution in [3.05, 3.63) is 33.0 Å². The molecule has 1 nitrogen and oxygen atoms in total. The highest BCUT2D eigenvalue weighted by molar-refractivity contribution is 9.10. The summed E-state index contributed by atoms with van der Waals surface area (Å²) < 4.78 is 6.67. The number of hydrogen-bond acceptors (Lipinski definition) is 1. The minimum atomic E-state index is 0.664. The van der Waals surface area contributed by atoms with E-state index in [4.69, 9.17) is 16.0 Å². The molecule has 1 aromatic carbocycles. The molecule has 74 valence electrons. The lowest BCUT2D eigenvalue weighted by Gasteiger charge is -1.94. The van der Waals surface area contributed by atoms with Gasteiger partial charge in [-0.2, -0.15) is 0 Å². The molecule has 0 aliphatic carbocycles. The Bertz CT molecular complexity index is 487. The first-order valence-electron chi connectivity index (χ1n) is 4.50. The summed E-state index contributed by atoms with van der Waals surface area (Å²) in [5.74, 6) is 1.01. The van der Waals surface area contributed by atoms with Gasteiger partial charge < -0.3 is 4.42 Å². The maximum Gasteiger partial charge on any atom is 0.153 e. The summed E-state index contributed by atoms with van der Waals surface area (Å²) in [6.45, 7) is 4.14. The van der Waals surface area contributed by atoms with Gasteiger partial charge in [0.1, 0.15) is 5.76 Å². The third-order valence-corrected chi connectivity index (χ3v) is 3.12. The zero-order valence-electron chi connectivity index (χ0n) is 8.03. The molecule has 3 heteroatoms. The van der Waals surface area contributed by atoms with Crippen LogP contribution in [0.2, 0.25) is 5.02 Å². The molecule has 0 bridgehead atoms. The molecule has 0 spiro atoms. The fourth-order valence-corrected chi connectivity index (χ4v) is 2.48. The molecule has 0 amide bonds. The van der Waals surface area contributed by atoms with Gasteiger partial charge in [-0.1, -0.05) is 34.5 Å². The van der Waals surface area contributed by atoms with E-state index >= 15 is 0 Å². The summed E-state index contributed by atoms with van der Waals surface area (Å²) in [7, 11) is 0. The Labute approximate surface area is 96.2 Å². The highest BCUT2D eigenvalue weighted by Crippen LogP contribution is 2.33. The van der Waals surface area contributed by atoms with Gasteiger partial charge in [-0.3, -0.25) is 0 Å². The minimum Gasteiger partial charge on any atom is -0.459 e. The normalized spacial score (nSPS) is 11.1. The van der Waals surface area contributed by atoms with Crippen molar-refractivity contribution in [1.29, 1.82) is 0 Å². The van der Waals surface area contributed by atoms with E-state index in [1.54, 1.807) is 0 Å². The molecule has 0 unspecified atom stereocenters. The van der Waals surface area contributed by atoms with Crippen molar-refractivity contribution in [2.45, 2.75) is 20.3 Å². The SMILES string of the molecule is CCc1oc2c(Cl)cc(Br)cc2c1C. The van der Waals surface area contributed by atoms with Crippen molar-refractivity contribution in [1.82, 2.24) is 0 Å². The molecule has 1 heterocycles. The standard InChI is InChI=1S/C11H10BrClO/c1-3-10-6(2)8-4-7(12)5-9(13)11(8)14-10/h4-5H,3H2,1-2H3. The fraction of sp³-hybridized carbons (Fsp3) is 0.273. The number of rotatable bonds is 1. The number of halogens is 2. The van der Waals surface area contributed by atoms with Gasteiger partial charge in [0, 0.05) is 16.3 Å². The summed E-state index contributed by atoms with van der Waals surface area (Å²) in [6, 6.07) is 3.89. The molecule has 0 saturated heterocycles. The molecule has 1 aromatic heterocycles. The molecular weight excluding hydrogens is 263 g/mol. The van der Waals surface area contributed by atoms with Crippen molar-refractivity contribution in [3.8, 4) is 0 Å². The van der Waals surface area contributed by atoms with Crippen LogP contribution in [0.5, 0.6) is 0 Å². The van der Waals surface area contributed by atoms with Crippen molar-refractivity contribution in [2.24, 2.45) is 0 Å². The Hall–Kier alpha value is -0.470. The van der Waals surface area contributed by atoms with E-state index in [9.17, 15) is 0 Å². The molecule has 2 rings (SSSR count). The topological polar surface area (TPSA) is 13.1 Å². The third-order valence-electron chi connectivity index (χ3n) is 2.38. The number of hydrogen-bond donors (Lipinski definition) is 0. The fourth-order valence-electron chi connectivity index (χ4n) is 1.63. The highest BCUT2D eigenvalue weighted by atomic mass is 79.9. The van der Waals surface area contributed by atoms with Crippen LogP contribution >= 0.6 is 27.5 Å². The van der Waals surface area contributed by atoms with E-state index in [0.29, 0.717) is 5.02 Å². The number of aryl methyl sites for hydroxylation is 2. The maximum atomic E-state index is 6.08. The van der Waals surface area contributed by atoms with Crippen molar-refractivity contribution in [2.75, 3.05) is 0 Å². The van der Waals surface area contributed by atoms with Gasteiger partial charge in [-0.05, 0) is 24.6 Å². The second-order valence-electron chi connectivity index (χ2n) is 3.27. The van der Waals surface area contributed by atoms with Crippen LogP contribution in [0.1, 0.15) is 18.2 Å². The summed E-state index contributed by atoms with van der Waals surface area (Å²) >= 11 is 9.50. The van der Waals surface area contributed by atoms with Gasteiger partial charge in [0.25, 0.3) is 0 Å². The van der Waals surface area contributed by atoms with Crippen LogP contribution in [0.25, 0.3) is 11.0 Å². The lowest BCUT2D eigenvalue weighted by Crippen LogP contribution is -1.77. The molecule has 0 aliphatic rings. The first-order valence-corrected chi connectivity index (χ1v) is 5.67. The van der Waals surface area contributed by atoms with Gasteiger partial charge in [0.2, 0.25) is 0 Å². The van der Waals surface area contributed by atoms with Gasteiger partial charge in [-0.25, -0.2) is 0 Å². The Kier molecular flexibility index (Phi) is 2.58. The van der Waals surface area contributed by atoms with Crippen LogP contribution in [0.15, 0.2) is 21.0 Å². The Balaban J connectivity index is 2.85. The zero-order chi connectivity index (χ0) is 10.3. The molecule has 14 heavy (non-hydrogen) atoms. The van der Waals surface area contributed by atoms with Crippen molar-refractivity contribution >= 4 is 38.5 Å². The predicted molar refractivity (Wildman–Crippen MR) is 63.0 cm³/mol. The first kappa shape index (κ1) is 10.1. The van der Waals surface area contributed by atoms with E-state index < -0.39 is 0 Å². The largest absolute Gasteiger partial charge is 0.459 e. The van der Waals surface area contributed by atoms with Crippen LogP contribution in [0.4, 0.5) is 0 Å². The minimum absolute atomic E-state index is 0.664. The second-order valence-corrected chi connectivity index (χ2v) is 4.59. The Morgan fingerprint density at radius 2 is 2.14 bits per heavy atom. The Morgan fingerprint density at radius 1 is 1.43 bits per heavy atom. The van der Waals surface area contributed by atoms with Crippen LogP contribution in [0, 0.1) is 6.92 Å². The molecule has 0 N–H and O–H groups in total. The van der Waals surface area contributed by atoms with Crippen LogP contribution < -0.4 is 0 Å². The van der Waals surface area contributed by atoms with Gasteiger partial charge in [-0.15, -0.1) is 0 Å². The molecule has 0 fully saturated rings. The number of fused-ring (bicyclic) bond motifs is 1. The predicted octanol–water partition coefficient (Wildman–Crippen LogP) is 4.72. The molecule has 0 atom stereocenters. The first-order chi connectivity index (χ1) is 6.63. The number of furan rings is 1. The van der Waals surface area contributed by atoms with Crippen LogP contribution in [0.3, 0.4) is 0 Å². The summed E-state index contributed by atoms with van der Waals surface area (Å²) in [4.78, 5) is 0. The zero-order valence-corrected chi connectivity index (χ0v) is 10.4. The van der Waals surface area contributed by atoms with Crippen LogP contribution in [-0.4, -0.2) is 0 Å². The Morgan fingerprint density at radius 3 is 2.79 bits per heavy atom. The van der Waals surface area contributed by atoms with Gasteiger partial charge in [0.05, 0.1) is 5.02 Å². The molecule has 0 radical (unpaired) electrons. The van der Waals surface area contributed by atoms with E-state index in [1.165, 1.54) is 5.56 Å². The van der Waals surface area contributed by atoms with E-state index in [0.717, 1.165) is 27.6 Å². The number of benzene rings is 1. The van der Waals surface area contributed by atoms with E-state index in [2.05, 4.69) is 29.8 Å². The molecule has 0 aliphatic heterocycles. The lowest BCUT2D eigenvalue weighted by atomic mass is 10.1. The highest BCUT2D eigenvalue weighted by Gasteiger charge is 2.12. The average Bonchev–Trinajstić information content (AvgIpc) is 2.44.